The topological polar surface area (TPSA) is 81.8 Å². The molecule has 0 fully saturated rings. The second-order valence-corrected chi connectivity index (χ2v) is 6.25. The molecule has 3 N–H and O–H groups in total. The van der Waals surface area contributed by atoms with Gasteiger partial charge in [-0.3, -0.25) is 4.79 Å². The molecule has 2 aromatic rings. The number of hydrogen-bond acceptors (Lipinski definition) is 4. The molecule has 0 aromatic heterocycles. The molecule has 2 aromatic carbocycles. The first-order chi connectivity index (χ1) is 13.3. The number of carboxylic acids is 1. The molecule has 0 unspecified atom stereocenters. The maximum atomic E-state index is 12.7. The fraction of sp³-hybridized carbons (Fsp3) is 0.350. The minimum atomic E-state index is -4.41. The number of aliphatic carboxylic acids is 1. The summed E-state index contributed by atoms with van der Waals surface area (Å²) in [6.45, 7) is 0.200. The van der Waals surface area contributed by atoms with E-state index < -0.39 is 29.9 Å². The largest absolute Gasteiger partial charge is 0.486 e. The maximum Gasteiger partial charge on any atom is 0.416 e. The van der Waals surface area contributed by atoms with E-state index in [0.717, 1.165) is 17.7 Å². The SMILES string of the molecule is N[C@H](COCCC(=O)O)C[C@@H](Oc1ccc(C(F)(F)F)cc1)c1ccccc1. The van der Waals surface area contributed by atoms with Crippen molar-refractivity contribution in [2.75, 3.05) is 13.2 Å². The first-order valence-electron chi connectivity index (χ1n) is 8.69. The van der Waals surface area contributed by atoms with Crippen LogP contribution in [0.3, 0.4) is 0 Å². The number of nitrogens with two attached hydrogens (primary N) is 1. The molecule has 8 heteroatoms. The smallest absolute Gasteiger partial charge is 0.416 e. The number of halogens is 3. The van der Waals surface area contributed by atoms with Crippen molar-refractivity contribution in [1.82, 2.24) is 0 Å². The number of alkyl halides is 3. The van der Waals surface area contributed by atoms with Crippen molar-refractivity contribution in [1.29, 1.82) is 0 Å². The van der Waals surface area contributed by atoms with Crippen molar-refractivity contribution in [3.05, 3.63) is 65.7 Å². The van der Waals surface area contributed by atoms with Crippen molar-refractivity contribution < 1.29 is 32.5 Å². The van der Waals surface area contributed by atoms with Gasteiger partial charge in [0, 0.05) is 12.5 Å². The molecule has 0 bridgehead atoms. The summed E-state index contributed by atoms with van der Waals surface area (Å²) in [5, 5.41) is 8.61. The zero-order chi connectivity index (χ0) is 20.6. The standard InChI is InChI=1S/C20H22F3NO4/c21-20(22,23)15-6-8-17(9-7-15)28-18(14-4-2-1-3-5-14)12-16(24)13-27-11-10-19(25)26/h1-9,16,18H,10-13,24H2,(H,25,26)/t16-,18+/m0/s1. The van der Waals surface area contributed by atoms with Crippen LogP contribution in [0.25, 0.3) is 0 Å². The highest BCUT2D eigenvalue weighted by molar-refractivity contribution is 5.66. The van der Waals surface area contributed by atoms with Crippen LogP contribution in [0.1, 0.15) is 30.1 Å². The highest BCUT2D eigenvalue weighted by Gasteiger charge is 2.30. The van der Waals surface area contributed by atoms with Crippen molar-refractivity contribution >= 4 is 5.97 Å². The molecule has 0 amide bonds. The molecule has 5 nitrogen and oxygen atoms in total. The van der Waals surface area contributed by atoms with Crippen molar-refractivity contribution in [2.45, 2.75) is 31.2 Å². The lowest BCUT2D eigenvalue weighted by molar-refractivity contribution is -0.138. The van der Waals surface area contributed by atoms with E-state index >= 15 is 0 Å². The number of carboxylic acid groups (broad SMARTS) is 1. The van der Waals surface area contributed by atoms with Crippen LogP contribution >= 0.6 is 0 Å². The molecule has 0 radical (unpaired) electrons. The van der Waals surface area contributed by atoms with Gasteiger partial charge in [0.25, 0.3) is 0 Å². The number of rotatable bonds is 10. The lowest BCUT2D eigenvalue weighted by atomic mass is 10.0. The van der Waals surface area contributed by atoms with E-state index in [1.54, 1.807) is 0 Å². The Balaban J connectivity index is 2.03. The lowest BCUT2D eigenvalue weighted by Gasteiger charge is -2.23. The monoisotopic (exact) mass is 397 g/mol. The summed E-state index contributed by atoms with van der Waals surface area (Å²) < 4.78 is 49.3. The first kappa shape index (κ1) is 21.7. The summed E-state index contributed by atoms with van der Waals surface area (Å²) in [6, 6.07) is 13.2. The number of ether oxygens (including phenoxy) is 2. The van der Waals surface area contributed by atoms with Crippen LogP contribution in [0.2, 0.25) is 0 Å². The average molecular weight is 397 g/mol. The Kier molecular flexibility index (Phi) is 7.83. The van der Waals surface area contributed by atoms with Gasteiger partial charge in [0.15, 0.2) is 0 Å². The number of carbonyl (C=O) groups is 1. The predicted molar refractivity (Wildman–Crippen MR) is 96.9 cm³/mol. The summed E-state index contributed by atoms with van der Waals surface area (Å²) >= 11 is 0. The third kappa shape index (κ3) is 7.21. The summed E-state index contributed by atoms with van der Waals surface area (Å²) in [5.41, 5.74) is 6.13. The summed E-state index contributed by atoms with van der Waals surface area (Å²) in [7, 11) is 0. The van der Waals surface area contributed by atoms with Gasteiger partial charge in [-0.15, -0.1) is 0 Å². The molecule has 0 saturated carbocycles. The molecule has 0 aliphatic rings. The highest BCUT2D eigenvalue weighted by atomic mass is 19.4. The second kappa shape index (κ2) is 10.1. The highest BCUT2D eigenvalue weighted by Crippen LogP contribution is 2.32. The van der Waals surface area contributed by atoms with Gasteiger partial charge in [-0.1, -0.05) is 30.3 Å². The minimum absolute atomic E-state index is 0.0544. The van der Waals surface area contributed by atoms with E-state index in [1.807, 2.05) is 30.3 Å². The van der Waals surface area contributed by atoms with E-state index in [-0.39, 0.29) is 19.6 Å². The van der Waals surface area contributed by atoms with Crippen molar-refractivity contribution in [3.8, 4) is 5.75 Å². The van der Waals surface area contributed by atoms with Gasteiger partial charge in [0.1, 0.15) is 11.9 Å². The van der Waals surface area contributed by atoms with Crippen LogP contribution in [0.15, 0.2) is 54.6 Å². The summed E-state index contributed by atoms with van der Waals surface area (Å²) in [5.74, 6) is -0.665. The van der Waals surface area contributed by atoms with Gasteiger partial charge in [-0.05, 0) is 29.8 Å². The van der Waals surface area contributed by atoms with Crippen LogP contribution in [0.4, 0.5) is 13.2 Å². The fourth-order valence-electron chi connectivity index (χ4n) is 2.54. The Morgan fingerprint density at radius 1 is 1.07 bits per heavy atom. The summed E-state index contributed by atoms with van der Waals surface area (Å²) in [4.78, 5) is 10.5. The molecule has 2 rings (SSSR count). The third-order valence-corrected chi connectivity index (χ3v) is 3.94. The van der Waals surface area contributed by atoms with Gasteiger partial charge in [-0.2, -0.15) is 13.2 Å². The second-order valence-electron chi connectivity index (χ2n) is 6.25. The molecular formula is C20H22F3NO4. The van der Waals surface area contributed by atoms with Crippen LogP contribution in [0.5, 0.6) is 5.75 Å². The minimum Gasteiger partial charge on any atom is -0.486 e. The molecule has 0 aliphatic carbocycles. The number of benzene rings is 2. The van der Waals surface area contributed by atoms with E-state index in [2.05, 4.69) is 0 Å². The van der Waals surface area contributed by atoms with E-state index in [9.17, 15) is 18.0 Å². The third-order valence-electron chi connectivity index (χ3n) is 3.94. The fourth-order valence-corrected chi connectivity index (χ4v) is 2.54. The van der Waals surface area contributed by atoms with Crippen LogP contribution in [-0.4, -0.2) is 30.3 Å². The van der Waals surface area contributed by atoms with Crippen molar-refractivity contribution in [2.24, 2.45) is 5.73 Å². The summed E-state index contributed by atoms with van der Waals surface area (Å²) in [6.07, 6.45) is -4.67. The molecule has 152 valence electrons. The first-order valence-corrected chi connectivity index (χ1v) is 8.69. The molecule has 0 heterocycles. The maximum absolute atomic E-state index is 12.7. The van der Waals surface area contributed by atoms with E-state index in [4.69, 9.17) is 20.3 Å². The molecule has 0 aliphatic heterocycles. The van der Waals surface area contributed by atoms with Gasteiger partial charge in [0.2, 0.25) is 0 Å². The molecule has 28 heavy (non-hydrogen) atoms. The average Bonchev–Trinajstić information content (AvgIpc) is 2.65. The molecule has 0 spiro atoms. The Bertz CT molecular complexity index is 735. The quantitative estimate of drug-likeness (QED) is 0.592. The Morgan fingerprint density at radius 3 is 2.29 bits per heavy atom. The molecular weight excluding hydrogens is 375 g/mol. The Labute approximate surface area is 160 Å². The van der Waals surface area contributed by atoms with Crippen molar-refractivity contribution in [3.63, 3.8) is 0 Å². The van der Waals surface area contributed by atoms with Crippen LogP contribution in [-0.2, 0) is 15.7 Å². The molecule has 0 saturated heterocycles. The molecule has 2 atom stereocenters. The van der Waals surface area contributed by atoms with Gasteiger partial charge >= 0.3 is 12.1 Å². The Hall–Kier alpha value is -2.58. The number of hydrogen-bond donors (Lipinski definition) is 2. The zero-order valence-electron chi connectivity index (χ0n) is 15.1. The predicted octanol–water partition coefficient (Wildman–Crippen LogP) is 4.03. The Morgan fingerprint density at radius 2 is 1.71 bits per heavy atom. The van der Waals surface area contributed by atoms with Gasteiger partial charge in [-0.25, -0.2) is 0 Å². The lowest BCUT2D eigenvalue weighted by Crippen LogP contribution is -2.30. The van der Waals surface area contributed by atoms with Crippen LogP contribution < -0.4 is 10.5 Å². The van der Waals surface area contributed by atoms with Gasteiger partial charge < -0.3 is 20.3 Å². The normalized spacial score (nSPS) is 13.7. The van der Waals surface area contributed by atoms with Gasteiger partial charge in [0.05, 0.1) is 25.2 Å². The van der Waals surface area contributed by atoms with E-state index in [0.29, 0.717) is 12.2 Å². The van der Waals surface area contributed by atoms with Crippen LogP contribution in [0, 0.1) is 0 Å². The zero-order valence-corrected chi connectivity index (χ0v) is 15.1. The van der Waals surface area contributed by atoms with E-state index in [1.165, 1.54) is 12.1 Å².